The first-order valence-corrected chi connectivity index (χ1v) is 16.8. The summed E-state index contributed by atoms with van der Waals surface area (Å²) in [5.41, 5.74) is 2.82. The smallest absolute Gasteiger partial charge is 0.390 e. The molecule has 3 amide bonds. The van der Waals surface area contributed by atoms with Gasteiger partial charge in [0.1, 0.15) is 32.0 Å². The number of alkyl halides is 3. The molecule has 39 heavy (non-hydrogen) atoms. The van der Waals surface area contributed by atoms with Crippen molar-refractivity contribution in [3.8, 4) is 0 Å². The molecule has 0 bridgehead atoms. The van der Waals surface area contributed by atoms with Crippen molar-refractivity contribution in [3.63, 3.8) is 0 Å². The number of rotatable bonds is 11. The quantitative estimate of drug-likeness (QED) is 0.0899. The summed E-state index contributed by atoms with van der Waals surface area (Å²) in [6.45, 7) is 17.2. The third kappa shape index (κ3) is 11.5. The van der Waals surface area contributed by atoms with Crippen LogP contribution in [0.2, 0.25) is 18.1 Å². The van der Waals surface area contributed by atoms with E-state index in [4.69, 9.17) is 44.0 Å². The van der Waals surface area contributed by atoms with Crippen LogP contribution in [-0.2, 0) is 28.3 Å². The minimum Gasteiger partial charge on any atom is -0.460 e. The zero-order chi connectivity index (χ0) is 30.2. The summed E-state index contributed by atoms with van der Waals surface area (Å²) >= 11 is 16.9. The third-order valence-corrected chi connectivity index (χ3v) is 11.6. The van der Waals surface area contributed by atoms with E-state index in [0.29, 0.717) is 19.4 Å². The molecule has 1 aliphatic heterocycles. The molecule has 0 aliphatic carbocycles. The van der Waals surface area contributed by atoms with E-state index >= 15 is 0 Å². The Kier molecular flexibility index (Phi) is 13.6. The summed E-state index contributed by atoms with van der Waals surface area (Å²) in [4.78, 5) is 51.5. The maximum atomic E-state index is 13.3. The third-order valence-electron chi connectivity index (χ3n) is 6.78. The Morgan fingerprint density at radius 1 is 1.23 bits per heavy atom. The van der Waals surface area contributed by atoms with E-state index in [9.17, 15) is 19.2 Å². The van der Waals surface area contributed by atoms with Crippen LogP contribution in [0.4, 0.5) is 0 Å². The van der Waals surface area contributed by atoms with Crippen molar-refractivity contribution in [1.82, 2.24) is 15.8 Å². The number of amides is 3. The summed E-state index contributed by atoms with van der Waals surface area (Å²) in [6, 6.07) is -2.84. The Morgan fingerprint density at radius 3 is 2.38 bits per heavy atom. The molecule has 2 N–H and O–H groups in total. The molecular weight excluding hydrogens is 587 g/mol. The molecule has 3 unspecified atom stereocenters. The van der Waals surface area contributed by atoms with Crippen LogP contribution in [0.3, 0.4) is 0 Å². The maximum Gasteiger partial charge on any atom is 0.390 e. The second kappa shape index (κ2) is 14.9. The average molecular weight is 629 g/mol. The minimum atomic E-state index is -2.26. The number of nitrogens with zero attached hydrogens (tertiary/aromatic N) is 2. The normalized spacial score (nSPS) is 18.4. The highest BCUT2D eigenvalue weighted by Gasteiger charge is 2.42. The molecule has 0 aromatic carbocycles. The van der Waals surface area contributed by atoms with Gasteiger partial charge in [0.05, 0.1) is 6.42 Å². The van der Waals surface area contributed by atoms with Crippen molar-refractivity contribution in [3.05, 3.63) is 12.2 Å². The second-order valence-corrected chi connectivity index (χ2v) is 18.3. The Morgan fingerprint density at radius 2 is 1.85 bits per heavy atom. The van der Waals surface area contributed by atoms with Crippen LogP contribution in [0.5, 0.6) is 0 Å². The Balaban J connectivity index is 2.95. The highest BCUT2D eigenvalue weighted by atomic mass is 35.6. The van der Waals surface area contributed by atoms with E-state index < -0.39 is 54.6 Å². The number of hydrazine groups is 1. The highest BCUT2D eigenvalue weighted by molar-refractivity contribution is 6.74. The van der Waals surface area contributed by atoms with Crippen molar-refractivity contribution < 1.29 is 32.9 Å². The number of hydrogen-bond acceptors (Lipinski definition) is 7. The van der Waals surface area contributed by atoms with E-state index in [-0.39, 0.29) is 24.0 Å². The molecule has 1 fully saturated rings. The zero-order valence-electron chi connectivity index (χ0n) is 23.8. The molecule has 1 saturated heterocycles. The van der Waals surface area contributed by atoms with Gasteiger partial charge in [-0.05, 0) is 44.8 Å². The average Bonchev–Trinajstić information content (AvgIpc) is 2.83. The van der Waals surface area contributed by atoms with Gasteiger partial charge in [-0.2, -0.15) is 4.58 Å². The standard InChI is InChI=1S/C25H41Cl3N4O6Si/c1-9-10-13-20(33)31(6)19(15-38-39(7,8)24(3,4)5)21(34)29-17(2)22(35)32-14-11-12-18(30-32)23(36)37-16-25(26,27)28/h9-10,17-19,30H,6,11-16H2,1-5,7-8H3/p+1. The summed E-state index contributed by atoms with van der Waals surface area (Å²) in [5.74, 6) is -2.07. The van der Waals surface area contributed by atoms with Gasteiger partial charge in [-0.25, -0.2) is 10.2 Å². The largest absolute Gasteiger partial charge is 0.460 e. The second-order valence-electron chi connectivity index (χ2n) is 11.0. The highest BCUT2D eigenvalue weighted by Crippen LogP contribution is 2.36. The van der Waals surface area contributed by atoms with Gasteiger partial charge in [-0.1, -0.05) is 67.7 Å². The first kappa shape index (κ1) is 35.5. The zero-order valence-corrected chi connectivity index (χ0v) is 27.1. The fourth-order valence-electron chi connectivity index (χ4n) is 3.29. The van der Waals surface area contributed by atoms with Crippen molar-refractivity contribution >= 4 is 73.5 Å². The van der Waals surface area contributed by atoms with Gasteiger partial charge in [0.2, 0.25) is 3.79 Å². The van der Waals surface area contributed by atoms with Crippen molar-refractivity contribution in [1.29, 1.82) is 0 Å². The van der Waals surface area contributed by atoms with Crippen LogP contribution >= 0.6 is 34.8 Å². The van der Waals surface area contributed by atoms with Crippen molar-refractivity contribution in [2.24, 2.45) is 0 Å². The number of ether oxygens (including phenoxy) is 1. The summed E-state index contributed by atoms with van der Waals surface area (Å²) < 4.78 is 10.6. The number of carbonyl (C=O) groups excluding carboxylic acids is 4. The van der Waals surface area contributed by atoms with Crippen LogP contribution in [0.15, 0.2) is 12.2 Å². The number of allylic oxidation sites excluding steroid dienone is 1. The number of carbonyl (C=O) groups is 4. The number of hydrogen-bond donors (Lipinski definition) is 2. The predicted molar refractivity (Wildman–Crippen MR) is 155 cm³/mol. The molecule has 0 radical (unpaired) electrons. The van der Waals surface area contributed by atoms with Crippen LogP contribution in [-0.4, -0.2) is 90.0 Å². The van der Waals surface area contributed by atoms with Crippen LogP contribution in [0, 0.1) is 0 Å². The molecule has 1 aliphatic rings. The number of halogens is 3. The fourth-order valence-corrected chi connectivity index (χ4v) is 4.47. The summed E-state index contributed by atoms with van der Waals surface area (Å²) in [5, 5.41) is 3.82. The summed E-state index contributed by atoms with van der Waals surface area (Å²) in [6.07, 6.45) is 4.42. The van der Waals surface area contributed by atoms with Crippen molar-refractivity contribution in [2.45, 2.75) is 93.9 Å². The Hall–Kier alpha value is -1.50. The molecule has 222 valence electrons. The van der Waals surface area contributed by atoms with E-state index in [0.717, 1.165) is 4.58 Å². The number of esters is 1. The van der Waals surface area contributed by atoms with Gasteiger partial charge in [-0.15, -0.1) is 0 Å². The monoisotopic (exact) mass is 627 g/mol. The summed E-state index contributed by atoms with van der Waals surface area (Å²) in [7, 11) is -2.26. The van der Waals surface area contributed by atoms with Crippen molar-refractivity contribution in [2.75, 3.05) is 19.8 Å². The lowest BCUT2D eigenvalue weighted by molar-refractivity contribution is -0.470. The van der Waals surface area contributed by atoms with E-state index in [1.807, 2.05) is 13.1 Å². The van der Waals surface area contributed by atoms with Crippen LogP contribution < -0.4 is 10.7 Å². The van der Waals surface area contributed by atoms with E-state index in [1.165, 1.54) is 11.9 Å². The van der Waals surface area contributed by atoms with Gasteiger partial charge in [0.25, 0.3) is 17.9 Å². The molecule has 1 heterocycles. The van der Waals surface area contributed by atoms with Gasteiger partial charge in [-0.3, -0.25) is 19.4 Å². The molecule has 14 heteroatoms. The lowest BCUT2D eigenvalue weighted by Gasteiger charge is -2.36. The molecule has 10 nitrogen and oxygen atoms in total. The Labute approximate surface area is 247 Å². The van der Waals surface area contributed by atoms with Crippen LogP contribution in [0.25, 0.3) is 0 Å². The lowest BCUT2D eigenvalue weighted by atomic mass is 10.1. The van der Waals surface area contributed by atoms with Gasteiger partial charge in [0.15, 0.2) is 8.32 Å². The molecule has 3 atom stereocenters. The van der Waals surface area contributed by atoms with E-state index in [1.54, 1.807) is 19.1 Å². The molecule has 0 aromatic heterocycles. The molecular formula is C25H42Cl3N4O6Si+. The van der Waals surface area contributed by atoms with E-state index in [2.05, 4.69) is 38.2 Å². The first-order valence-electron chi connectivity index (χ1n) is 12.8. The van der Waals surface area contributed by atoms with Gasteiger partial charge >= 0.3 is 11.9 Å². The molecule has 0 spiro atoms. The topological polar surface area (TPSA) is 117 Å². The molecule has 0 saturated carbocycles. The Bertz CT molecular complexity index is 949. The lowest BCUT2D eigenvalue weighted by Crippen LogP contribution is -2.60. The van der Waals surface area contributed by atoms with Gasteiger partial charge in [0, 0.05) is 6.54 Å². The molecule has 1 rings (SSSR count). The first-order chi connectivity index (χ1) is 17.8. The maximum absolute atomic E-state index is 13.3. The SMILES string of the molecule is C=[N+](C(=O)CC=CC)C(CO[Si](C)(C)C(C)(C)C)C(=O)NC(C)C(=O)N1CCCC(C(=O)OCC(Cl)(Cl)Cl)N1. The fraction of sp³-hybridized carbons (Fsp3) is 0.720. The number of nitrogens with one attached hydrogen (secondary N) is 2. The molecule has 0 aromatic rings. The minimum absolute atomic E-state index is 0.0621. The van der Waals surface area contributed by atoms with Gasteiger partial charge < -0.3 is 14.5 Å². The van der Waals surface area contributed by atoms with Crippen LogP contribution in [0.1, 0.15) is 53.9 Å². The predicted octanol–water partition coefficient (Wildman–Crippen LogP) is 3.50.